The molecule has 8 heteroatoms. The molecule has 0 unspecified atom stereocenters. The maximum Gasteiger partial charge on any atom is 0.177 e. The molecule has 0 aliphatic carbocycles. The zero-order chi connectivity index (χ0) is 15.9. The topological polar surface area (TPSA) is 34.1 Å². The first-order valence-electron chi connectivity index (χ1n) is 5.46. The van der Waals surface area contributed by atoms with E-state index >= 15 is 0 Å². The molecule has 2 aromatic rings. The van der Waals surface area contributed by atoms with Crippen molar-refractivity contribution >= 4 is 67.8 Å². The minimum absolute atomic E-state index is 0.0443. The molecule has 0 bridgehead atoms. The van der Waals surface area contributed by atoms with Gasteiger partial charge in [0.15, 0.2) is 9.84 Å². The van der Waals surface area contributed by atoms with Crippen LogP contribution >= 0.6 is 58.0 Å². The van der Waals surface area contributed by atoms with Crippen molar-refractivity contribution in [3.8, 4) is 11.1 Å². The van der Waals surface area contributed by atoms with E-state index in [1.54, 1.807) is 12.1 Å². The maximum atomic E-state index is 11.8. The highest BCUT2D eigenvalue weighted by Crippen LogP contribution is 2.42. The van der Waals surface area contributed by atoms with Gasteiger partial charge in [-0.05, 0) is 29.8 Å². The van der Waals surface area contributed by atoms with Gasteiger partial charge in [-0.2, -0.15) is 0 Å². The Bertz CT molecular complexity index is 831. The minimum Gasteiger partial charge on any atom is -0.224 e. The van der Waals surface area contributed by atoms with Gasteiger partial charge in [-0.15, -0.1) is 0 Å². The molecule has 0 atom stereocenters. The van der Waals surface area contributed by atoms with E-state index in [1.165, 1.54) is 12.1 Å². The van der Waals surface area contributed by atoms with Gasteiger partial charge in [0.1, 0.15) is 0 Å². The fraction of sp³-hybridized carbons (Fsp3) is 0.0769. The van der Waals surface area contributed by atoms with Gasteiger partial charge in [0.25, 0.3) is 0 Å². The van der Waals surface area contributed by atoms with Crippen LogP contribution in [0.15, 0.2) is 29.2 Å². The Kier molecular flexibility index (Phi) is 5.04. The molecule has 2 aromatic carbocycles. The number of rotatable bonds is 2. The molecule has 0 aliphatic rings. The van der Waals surface area contributed by atoms with Crippen molar-refractivity contribution in [1.82, 2.24) is 0 Å². The van der Waals surface area contributed by atoms with Crippen LogP contribution < -0.4 is 0 Å². The zero-order valence-electron chi connectivity index (χ0n) is 10.4. The molecular formula is C13H7Cl5O2S. The number of hydrogen-bond donors (Lipinski definition) is 0. The molecular weight excluding hydrogens is 397 g/mol. The second-order valence-electron chi connectivity index (χ2n) is 4.26. The Morgan fingerprint density at radius 1 is 0.810 bits per heavy atom. The van der Waals surface area contributed by atoms with Gasteiger partial charge in [-0.25, -0.2) is 8.42 Å². The molecule has 0 N–H and O–H groups in total. The Balaban J connectivity index is 2.84. The van der Waals surface area contributed by atoms with Crippen LogP contribution in [0.2, 0.25) is 25.1 Å². The summed E-state index contributed by atoms with van der Waals surface area (Å²) in [7, 11) is -3.56. The largest absolute Gasteiger partial charge is 0.224 e. The smallest absolute Gasteiger partial charge is 0.177 e. The Morgan fingerprint density at radius 2 is 1.38 bits per heavy atom. The molecule has 2 rings (SSSR count). The molecule has 0 radical (unpaired) electrons. The van der Waals surface area contributed by atoms with E-state index in [1.807, 2.05) is 0 Å². The lowest BCUT2D eigenvalue weighted by Gasteiger charge is -2.12. The lowest BCUT2D eigenvalue weighted by atomic mass is 10.1. The van der Waals surface area contributed by atoms with Crippen LogP contribution in [0.25, 0.3) is 11.1 Å². The molecule has 0 fully saturated rings. The molecule has 0 amide bonds. The number of hydrogen-bond acceptors (Lipinski definition) is 2. The van der Waals surface area contributed by atoms with E-state index in [9.17, 15) is 8.42 Å². The van der Waals surface area contributed by atoms with Gasteiger partial charge >= 0.3 is 0 Å². The van der Waals surface area contributed by atoms with Crippen molar-refractivity contribution in [2.75, 3.05) is 6.26 Å². The Labute approximate surface area is 147 Å². The zero-order valence-corrected chi connectivity index (χ0v) is 15.0. The summed E-state index contributed by atoms with van der Waals surface area (Å²) in [4.78, 5) is -0.0984. The normalized spacial score (nSPS) is 11.7. The van der Waals surface area contributed by atoms with Crippen LogP contribution in [0.1, 0.15) is 0 Å². The molecule has 112 valence electrons. The van der Waals surface area contributed by atoms with E-state index < -0.39 is 9.84 Å². The summed E-state index contributed by atoms with van der Waals surface area (Å²) < 4.78 is 23.6. The first-order chi connectivity index (χ1) is 9.62. The molecule has 21 heavy (non-hydrogen) atoms. The van der Waals surface area contributed by atoms with Crippen LogP contribution in [-0.4, -0.2) is 14.7 Å². The van der Waals surface area contributed by atoms with Crippen LogP contribution in [0.3, 0.4) is 0 Å². The molecule has 0 aromatic heterocycles. The maximum absolute atomic E-state index is 11.8. The number of benzene rings is 2. The molecule has 0 saturated carbocycles. The van der Waals surface area contributed by atoms with Gasteiger partial charge in [0, 0.05) is 16.8 Å². The minimum atomic E-state index is -3.56. The summed E-state index contributed by atoms with van der Waals surface area (Å²) in [6, 6.07) is 5.97. The summed E-state index contributed by atoms with van der Waals surface area (Å²) in [6.45, 7) is 0. The Morgan fingerprint density at radius 3 is 1.95 bits per heavy atom. The average Bonchev–Trinajstić information content (AvgIpc) is 2.37. The van der Waals surface area contributed by atoms with Crippen molar-refractivity contribution in [3.05, 3.63) is 49.4 Å². The summed E-state index contributed by atoms with van der Waals surface area (Å²) in [5.74, 6) is 0. The van der Waals surface area contributed by atoms with Gasteiger partial charge in [-0.1, -0.05) is 58.0 Å². The Hall–Kier alpha value is -0.160. The lowest BCUT2D eigenvalue weighted by molar-refractivity contribution is 0.602. The van der Waals surface area contributed by atoms with Crippen LogP contribution in [0.5, 0.6) is 0 Å². The predicted octanol–water partition coefficient (Wildman–Crippen LogP) is 6.02. The monoisotopic (exact) mass is 402 g/mol. The highest BCUT2D eigenvalue weighted by Gasteiger charge is 2.20. The first kappa shape index (κ1) is 17.2. The third-order valence-corrected chi connectivity index (χ3v) is 5.88. The lowest BCUT2D eigenvalue weighted by Crippen LogP contribution is -1.99. The number of sulfone groups is 1. The summed E-state index contributed by atoms with van der Waals surface area (Å²) >= 11 is 30.2. The highest BCUT2D eigenvalue weighted by molar-refractivity contribution is 7.90. The third-order valence-electron chi connectivity index (χ3n) is 2.73. The van der Waals surface area contributed by atoms with E-state index in [4.69, 9.17) is 58.0 Å². The standard InChI is InChI=1S/C13H7Cl5O2S/c1-21(19,20)10-5-6(4-9(16)12(10)17)11-7(14)2-3-8(15)13(11)18/h2-5H,1H3. The van der Waals surface area contributed by atoms with E-state index in [2.05, 4.69) is 0 Å². The quantitative estimate of drug-likeness (QED) is 0.573. The summed E-state index contributed by atoms with van der Waals surface area (Å²) in [5.41, 5.74) is 0.816. The summed E-state index contributed by atoms with van der Waals surface area (Å²) in [6.07, 6.45) is 1.04. The number of halogens is 5. The van der Waals surface area contributed by atoms with Crippen molar-refractivity contribution in [3.63, 3.8) is 0 Å². The fourth-order valence-corrected chi connectivity index (χ4v) is 4.10. The van der Waals surface area contributed by atoms with Crippen molar-refractivity contribution in [2.45, 2.75) is 4.90 Å². The second-order valence-corrected chi connectivity index (χ2v) is 8.22. The van der Waals surface area contributed by atoms with E-state index in [-0.39, 0.29) is 20.0 Å². The molecule has 2 nitrogen and oxygen atoms in total. The van der Waals surface area contributed by atoms with E-state index in [0.717, 1.165) is 6.26 Å². The van der Waals surface area contributed by atoms with Gasteiger partial charge < -0.3 is 0 Å². The predicted molar refractivity (Wildman–Crippen MR) is 90.0 cm³/mol. The molecule has 0 saturated heterocycles. The van der Waals surface area contributed by atoms with Gasteiger partial charge in [-0.3, -0.25) is 0 Å². The third kappa shape index (κ3) is 3.44. The molecule has 0 heterocycles. The van der Waals surface area contributed by atoms with Crippen molar-refractivity contribution in [2.24, 2.45) is 0 Å². The van der Waals surface area contributed by atoms with Crippen molar-refractivity contribution in [1.29, 1.82) is 0 Å². The fourth-order valence-electron chi connectivity index (χ4n) is 1.77. The molecule has 0 spiro atoms. The first-order valence-corrected chi connectivity index (χ1v) is 9.24. The highest BCUT2D eigenvalue weighted by atomic mass is 35.5. The van der Waals surface area contributed by atoms with Gasteiger partial charge in [0.05, 0.1) is 25.0 Å². The average molecular weight is 405 g/mol. The summed E-state index contributed by atoms with van der Waals surface area (Å²) in [5, 5.41) is 0.867. The van der Waals surface area contributed by atoms with Gasteiger partial charge in [0.2, 0.25) is 0 Å². The van der Waals surface area contributed by atoms with Crippen LogP contribution in [0, 0.1) is 0 Å². The van der Waals surface area contributed by atoms with Crippen LogP contribution in [0.4, 0.5) is 0 Å². The molecule has 0 aliphatic heterocycles. The van der Waals surface area contributed by atoms with Crippen molar-refractivity contribution < 1.29 is 8.42 Å². The van der Waals surface area contributed by atoms with E-state index in [0.29, 0.717) is 21.2 Å². The second kappa shape index (κ2) is 6.15. The van der Waals surface area contributed by atoms with Crippen LogP contribution in [-0.2, 0) is 9.84 Å². The SMILES string of the molecule is CS(=O)(=O)c1cc(-c2c(Cl)ccc(Cl)c2Cl)cc(Cl)c1Cl.